The Kier molecular flexibility index (Phi) is 6.93. The van der Waals surface area contributed by atoms with Crippen LogP contribution in [0, 0.1) is 5.92 Å². The Bertz CT molecular complexity index is 936. The molecule has 4 unspecified atom stereocenters. The summed E-state index contributed by atoms with van der Waals surface area (Å²) < 4.78 is 1.23. The lowest BCUT2D eigenvalue weighted by Gasteiger charge is -2.38. The number of allylic oxidation sites excluding steroid dienone is 3. The number of hydrogen-bond donors (Lipinski definition) is 2. The van der Waals surface area contributed by atoms with E-state index in [4.69, 9.17) is 22.4 Å². The number of rotatable bonds is 4. The van der Waals surface area contributed by atoms with E-state index in [1.165, 1.54) is 10.0 Å². The fraction of sp³-hybridized carbons (Fsp3) is 0.478. The second-order valence-corrected chi connectivity index (χ2v) is 10.4. The molecule has 1 aromatic rings. The minimum absolute atomic E-state index is 0.0232. The van der Waals surface area contributed by atoms with Gasteiger partial charge in [0.05, 0.1) is 16.8 Å². The van der Waals surface area contributed by atoms with Crippen molar-refractivity contribution in [3.05, 3.63) is 45.0 Å². The predicted octanol–water partition coefficient (Wildman–Crippen LogP) is 5.05. The van der Waals surface area contributed by atoms with Crippen molar-refractivity contribution >= 4 is 57.2 Å². The van der Waals surface area contributed by atoms with E-state index in [0.717, 1.165) is 24.9 Å². The second-order valence-electron chi connectivity index (χ2n) is 8.70. The fourth-order valence-corrected chi connectivity index (χ4v) is 5.40. The molecule has 3 aliphatic rings. The van der Waals surface area contributed by atoms with Gasteiger partial charge in [0.15, 0.2) is 0 Å². The van der Waals surface area contributed by atoms with Crippen LogP contribution in [0.3, 0.4) is 0 Å². The molecule has 4 rings (SSSR count). The number of carbonyl (C=O) groups is 1. The van der Waals surface area contributed by atoms with E-state index >= 15 is 0 Å². The third-order valence-corrected chi connectivity index (χ3v) is 7.53. The molecule has 8 heteroatoms. The van der Waals surface area contributed by atoms with Gasteiger partial charge in [-0.15, -0.1) is 0 Å². The molecule has 0 spiro atoms. The molecule has 1 aliphatic carbocycles. The van der Waals surface area contributed by atoms with Gasteiger partial charge in [-0.3, -0.25) is 15.2 Å². The van der Waals surface area contributed by atoms with Crippen LogP contribution < -0.4 is 16.2 Å². The van der Waals surface area contributed by atoms with Crippen LogP contribution in [0.5, 0.6) is 0 Å². The third kappa shape index (κ3) is 4.93. The topological polar surface area (TPSA) is 74.0 Å². The lowest BCUT2D eigenvalue weighted by molar-refractivity contribution is -0.122. The molecule has 0 saturated carbocycles. The van der Waals surface area contributed by atoms with Crippen LogP contribution in [0.4, 0.5) is 11.4 Å². The first-order valence-electron chi connectivity index (χ1n) is 10.9. The molecular weight excluding hydrogens is 525 g/mol. The van der Waals surface area contributed by atoms with Gasteiger partial charge in [0, 0.05) is 33.7 Å². The van der Waals surface area contributed by atoms with Gasteiger partial charge in [0.25, 0.3) is 5.91 Å². The number of hydrogen-bond acceptors (Lipinski definition) is 5. The first kappa shape index (κ1) is 22.6. The summed E-state index contributed by atoms with van der Waals surface area (Å²) in [7, 11) is 0. The number of anilines is 2. The van der Waals surface area contributed by atoms with E-state index in [0.29, 0.717) is 34.9 Å². The van der Waals surface area contributed by atoms with Crippen molar-refractivity contribution < 1.29 is 4.79 Å². The number of amides is 1. The molecule has 4 atom stereocenters. The number of carbonyl (C=O) groups excluding carboxylic acids is 1. The van der Waals surface area contributed by atoms with E-state index < -0.39 is 0 Å². The second kappa shape index (κ2) is 9.50. The third-order valence-electron chi connectivity index (χ3n) is 6.43. The van der Waals surface area contributed by atoms with Crippen molar-refractivity contribution in [2.75, 3.05) is 10.7 Å². The van der Waals surface area contributed by atoms with Crippen molar-refractivity contribution in [3.8, 4) is 0 Å². The molecule has 1 aromatic carbocycles. The minimum atomic E-state index is -0.121. The van der Waals surface area contributed by atoms with Crippen molar-refractivity contribution in [3.63, 3.8) is 0 Å². The number of hydrazine groups is 1. The van der Waals surface area contributed by atoms with Crippen molar-refractivity contribution in [2.45, 2.75) is 64.1 Å². The van der Waals surface area contributed by atoms with E-state index in [-0.39, 0.29) is 17.9 Å². The van der Waals surface area contributed by atoms with Crippen LogP contribution in [0.25, 0.3) is 0 Å². The Labute approximate surface area is 202 Å². The van der Waals surface area contributed by atoms with E-state index in [9.17, 15) is 4.79 Å². The first-order chi connectivity index (χ1) is 14.8. The predicted molar refractivity (Wildman–Crippen MR) is 136 cm³/mol. The zero-order valence-electron chi connectivity index (χ0n) is 17.9. The lowest BCUT2D eigenvalue weighted by Crippen LogP contribution is -2.55. The summed E-state index contributed by atoms with van der Waals surface area (Å²) >= 11 is 8.86. The van der Waals surface area contributed by atoms with Gasteiger partial charge in [-0.2, -0.15) is 5.10 Å². The van der Waals surface area contributed by atoms with Gasteiger partial charge in [0.2, 0.25) is 0 Å². The summed E-state index contributed by atoms with van der Waals surface area (Å²) in [5.41, 5.74) is 11.0. The van der Waals surface area contributed by atoms with Crippen LogP contribution in [-0.2, 0) is 4.79 Å². The van der Waals surface area contributed by atoms with E-state index in [1.54, 1.807) is 6.07 Å². The van der Waals surface area contributed by atoms with Crippen LogP contribution in [-0.4, -0.2) is 34.8 Å². The number of benzene rings is 1. The maximum atomic E-state index is 13.2. The highest BCUT2D eigenvalue weighted by molar-refractivity contribution is 14.1. The molecule has 2 aliphatic heterocycles. The van der Waals surface area contributed by atoms with Gasteiger partial charge in [-0.1, -0.05) is 36.2 Å². The molecular formula is C23H29ClIN5O. The zero-order valence-corrected chi connectivity index (χ0v) is 20.8. The van der Waals surface area contributed by atoms with Crippen LogP contribution in [0.15, 0.2) is 45.1 Å². The number of halogens is 2. The molecule has 1 fully saturated rings. The largest absolute Gasteiger partial charge is 0.399 e. The number of nitrogens with zero attached hydrogens (tertiary/aromatic N) is 3. The number of nitrogen functional groups attached to an aromatic ring is 1. The molecule has 0 bridgehead atoms. The monoisotopic (exact) mass is 553 g/mol. The summed E-state index contributed by atoms with van der Waals surface area (Å²) in [4.78, 5) is 13.2. The van der Waals surface area contributed by atoms with Gasteiger partial charge in [0.1, 0.15) is 5.71 Å². The highest BCUT2D eigenvalue weighted by Gasteiger charge is 2.38. The van der Waals surface area contributed by atoms with Crippen molar-refractivity contribution in [2.24, 2.45) is 11.0 Å². The number of hydrazone groups is 1. The molecule has 2 heterocycles. The normalized spacial score (nSPS) is 29.0. The summed E-state index contributed by atoms with van der Waals surface area (Å²) in [6.45, 7) is 4.33. The highest BCUT2D eigenvalue weighted by atomic mass is 127. The van der Waals surface area contributed by atoms with E-state index in [1.807, 2.05) is 17.1 Å². The van der Waals surface area contributed by atoms with Gasteiger partial charge >= 0.3 is 0 Å². The fourth-order valence-electron chi connectivity index (χ4n) is 4.66. The number of piperidine rings is 1. The summed E-state index contributed by atoms with van der Waals surface area (Å²) in [5, 5.41) is 9.32. The Morgan fingerprint density at radius 3 is 2.68 bits per heavy atom. The number of nitrogens with one attached hydrogen (secondary N) is 1. The van der Waals surface area contributed by atoms with Crippen molar-refractivity contribution in [1.82, 2.24) is 10.4 Å². The Hall–Kier alpha value is -1.58. The molecule has 0 radical (unpaired) electrons. The first-order valence-corrected chi connectivity index (χ1v) is 12.3. The molecule has 6 nitrogen and oxygen atoms in total. The SMILES string of the molecule is CC1CCCC(C)N1NC(=O)C1=NN(c2ccc(N)cc2Cl)C(C2C=CC(I)=CC2)C1. The summed E-state index contributed by atoms with van der Waals surface area (Å²) in [6.07, 6.45) is 11.4. The van der Waals surface area contributed by atoms with Crippen molar-refractivity contribution in [1.29, 1.82) is 0 Å². The Morgan fingerprint density at radius 1 is 1.29 bits per heavy atom. The molecule has 0 aromatic heterocycles. The maximum absolute atomic E-state index is 13.2. The highest BCUT2D eigenvalue weighted by Crippen LogP contribution is 2.38. The maximum Gasteiger partial charge on any atom is 0.281 e. The van der Waals surface area contributed by atoms with E-state index in [2.05, 4.69) is 65.1 Å². The van der Waals surface area contributed by atoms with Gasteiger partial charge in [-0.05, 0) is 73.9 Å². The lowest BCUT2D eigenvalue weighted by atomic mass is 9.89. The molecule has 3 N–H and O–H groups in total. The van der Waals surface area contributed by atoms with Gasteiger partial charge < -0.3 is 5.73 Å². The molecule has 31 heavy (non-hydrogen) atoms. The molecule has 1 amide bonds. The summed E-state index contributed by atoms with van der Waals surface area (Å²) in [5.74, 6) is 0.124. The zero-order chi connectivity index (χ0) is 22.1. The standard InChI is InChI=1S/C23H29ClIN5O/c1-14-4-3-5-15(2)29(14)28-23(31)20-13-22(16-6-8-17(25)9-7-16)30(27-20)21-11-10-18(26)12-19(21)24/h6,8-12,14-16,22H,3-5,7,13,26H2,1-2H3,(H,28,31). The van der Waals surface area contributed by atoms with Crippen LogP contribution in [0.2, 0.25) is 5.02 Å². The average Bonchev–Trinajstić information content (AvgIpc) is 3.16. The number of nitrogens with two attached hydrogens (primary N) is 1. The molecule has 166 valence electrons. The Morgan fingerprint density at radius 2 is 2.03 bits per heavy atom. The smallest absolute Gasteiger partial charge is 0.281 e. The molecule has 1 saturated heterocycles. The van der Waals surface area contributed by atoms with Gasteiger partial charge in [-0.25, -0.2) is 5.01 Å². The Balaban J connectivity index is 1.59. The average molecular weight is 554 g/mol. The minimum Gasteiger partial charge on any atom is -0.399 e. The summed E-state index contributed by atoms with van der Waals surface area (Å²) in [6, 6.07) is 6.11. The quantitative estimate of drug-likeness (QED) is 0.404. The van der Waals surface area contributed by atoms with Crippen LogP contribution >= 0.6 is 34.2 Å². The van der Waals surface area contributed by atoms with Crippen LogP contribution in [0.1, 0.15) is 46.0 Å².